The summed E-state index contributed by atoms with van der Waals surface area (Å²) in [6.45, 7) is 5.95. The van der Waals surface area contributed by atoms with Crippen LogP contribution in [0.1, 0.15) is 22.7 Å². The van der Waals surface area contributed by atoms with Crippen molar-refractivity contribution in [1.82, 2.24) is 20.4 Å². The van der Waals surface area contributed by atoms with E-state index in [-0.39, 0.29) is 6.03 Å². The Morgan fingerprint density at radius 2 is 1.88 bits per heavy atom. The molecule has 0 aliphatic carbocycles. The minimum Gasteiger partial charge on any atom is -0.361 e. The summed E-state index contributed by atoms with van der Waals surface area (Å²) in [7, 11) is 0. The molecule has 0 atom stereocenters. The number of aromatic nitrogens is 3. The van der Waals surface area contributed by atoms with Crippen LogP contribution in [0.5, 0.6) is 0 Å². The molecule has 0 aliphatic rings. The molecular formula is C18H19N5O2. The van der Waals surface area contributed by atoms with E-state index in [1.165, 1.54) is 0 Å². The first-order chi connectivity index (χ1) is 12.0. The van der Waals surface area contributed by atoms with Gasteiger partial charge < -0.3 is 15.2 Å². The number of anilines is 1. The van der Waals surface area contributed by atoms with E-state index in [2.05, 4.69) is 25.8 Å². The van der Waals surface area contributed by atoms with Crippen molar-refractivity contribution in [1.29, 1.82) is 0 Å². The molecule has 7 nitrogen and oxygen atoms in total. The van der Waals surface area contributed by atoms with Gasteiger partial charge in [-0.15, -0.1) is 0 Å². The Kier molecular flexibility index (Phi) is 4.74. The van der Waals surface area contributed by atoms with Crippen molar-refractivity contribution in [3.63, 3.8) is 0 Å². The van der Waals surface area contributed by atoms with Crippen LogP contribution in [0.15, 0.2) is 41.1 Å². The maximum absolute atomic E-state index is 12.0. The summed E-state index contributed by atoms with van der Waals surface area (Å²) in [5.74, 6) is 1.37. The Morgan fingerprint density at radius 3 is 2.52 bits per heavy atom. The van der Waals surface area contributed by atoms with Crippen LogP contribution in [0.25, 0.3) is 11.4 Å². The molecule has 2 aromatic heterocycles. The monoisotopic (exact) mass is 337 g/mol. The lowest BCUT2D eigenvalue weighted by molar-refractivity contribution is 0.251. The van der Waals surface area contributed by atoms with Crippen LogP contribution in [0.4, 0.5) is 10.5 Å². The Balaban J connectivity index is 1.60. The van der Waals surface area contributed by atoms with Gasteiger partial charge in [0.2, 0.25) is 0 Å². The second-order valence-corrected chi connectivity index (χ2v) is 5.71. The molecule has 2 amide bonds. The summed E-state index contributed by atoms with van der Waals surface area (Å²) < 4.78 is 5.08. The Labute approximate surface area is 145 Å². The summed E-state index contributed by atoms with van der Waals surface area (Å²) in [5, 5.41) is 9.45. The molecule has 0 spiro atoms. The molecule has 1 aromatic carbocycles. The highest BCUT2D eigenvalue weighted by molar-refractivity contribution is 5.89. The van der Waals surface area contributed by atoms with E-state index in [9.17, 15) is 4.79 Å². The van der Waals surface area contributed by atoms with Gasteiger partial charge in [-0.2, -0.15) is 0 Å². The summed E-state index contributed by atoms with van der Waals surface area (Å²) >= 11 is 0. The fourth-order valence-electron chi connectivity index (χ4n) is 2.39. The molecule has 3 aromatic rings. The van der Waals surface area contributed by atoms with Gasteiger partial charge in [-0.1, -0.05) is 5.16 Å². The minimum atomic E-state index is -0.292. The van der Waals surface area contributed by atoms with Crippen molar-refractivity contribution in [2.24, 2.45) is 0 Å². The fraction of sp³-hybridized carbons (Fsp3) is 0.222. The number of carbonyl (C=O) groups is 1. The maximum Gasteiger partial charge on any atom is 0.319 e. The molecule has 0 bridgehead atoms. The predicted octanol–water partition coefficient (Wildman–Crippen LogP) is 3.38. The van der Waals surface area contributed by atoms with E-state index < -0.39 is 0 Å². The summed E-state index contributed by atoms with van der Waals surface area (Å²) in [4.78, 5) is 20.7. The minimum absolute atomic E-state index is 0.292. The third-order valence-electron chi connectivity index (χ3n) is 3.80. The zero-order chi connectivity index (χ0) is 17.8. The SMILES string of the molecule is Cc1ccnc(-c2ccc(NC(=O)NCc3c(C)noc3C)cc2)n1. The number of urea groups is 1. The molecule has 0 unspecified atom stereocenters. The van der Waals surface area contributed by atoms with E-state index in [1.807, 2.05) is 51.1 Å². The van der Waals surface area contributed by atoms with Crippen LogP contribution in [0, 0.1) is 20.8 Å². The van der Waals surface area contributed by atoms with Gasteiger partial charge in [-0.3, -0.25) is 0 Å². The van der Waals surface area contributed by atoms with Gasteiger partial charge in [-0.05, 0) is 51.1 Å². The van der Waals surface area contributed by atoms with Gasteiger partial charge >= 0.3 is 6.03 Å². The normalized spacial score (nSPS) is 10.5. The number of amides is 2. The Morgan fingerprint density at radius 1 is 1.12 bits per heavy atom. The highest BCUT2D eigenvalue weighted by Gasteiger charge is 2.10. The first-order valence-electron chi connectivity index (χ1n) is 7.89. The predicted molar refractivity (Wildman–Crippen MR) is 94.0 cm³/mol. The number of benzene rings is 1. The molecule has 7 heteroatoms. The molecule has 25 heavy (non-hydrogen) atoms. The first kappa shape index (κ1) is 16.6. The van der Waals surface area contributed by atoms with Crippen molar-refractivity contribution in [2.75, 3.05) is 5.32 Å². The largest absolute Gasteiger partial charge is 0.361 e. The third-order valence-corrected chi connectivity index (χ3v) is 3.80. The number of carbonyl (C=O) groups excluding carboxylic acids is 1. The maximum atomic E-state index is 12.0. The quantitative estimate of drug-likeness (QED) is 0.761. The molecule has 3 rings (SSSR count). The standard InChI is InChI=1S/C18H19N5O2/c1-11-8-9-19-17(21-11)14-4-6-15(7-5-14)22-18(24)20-10-16-12(2)23-25-13(16)3/h4-9H,10H2,1-3H3,(H2,20,22,24). The fourth-order valence-corrected chi connectivity index (χ4v) is 2.39. The molecule has 0 fully saturated rings. The molecule has 2 N–H and O–H groups in total. The molecule has 0 saturated carbocycles. The molecule has 0 radical (unpaired) electrons. The topological polar surface area (TPSA) is 92.9 Å². The average molecular weight is 337 g/mol. The van der Waals surface area contributed by atoms with Crippen LogP contribution < -0.4 is 10.6 Å². The molecule has 0 saturated heterocycles. The van der Waals surface area contributed by atoms with Crippen LogP contribution in [-0.2, 0) is 6.54 Å². The lowest BCUT2D eigenvalue weighted by atomic mass is 10.2. The lowest BCUT2D eigenvalue weighted by Gasteiger charge is -2.08. The van der Waals surface area contributed by atoms with Crippen LogP contribution >= 0.6 is 0 Å². The lowest BCUT2D eigenvalue weighted by Crippen LogP contribution is -2.28. The summed E-state index contributed by atoms with van der Waals surface area (Å²) in [6, 6.07) is 8.94. The van der Waals surface area contributed by atoms with Crippen LogP contribution in [-0.4, -0.2) is 21.2 Å². The van der Waals surface area contributed by atoms with Gasteiger partial charge in [0.15, 0.2) is 5.82 Å². The van der Waals surface area contributed by atoms with Crippen molar-refractivity contribution < 1.29 is 9.32 Å². The first-order valence-corrected chi connectivity index (χ1v) is 7.89. The number of rotatable bonds is 4. The number of nitrogens with one attached hydrogen (secondary N) is 2. The number of hydrogen-bond acceptors (Lipinski definition) is 5. The van der Waals surface area contributed by atoms with E-state index in [1.54, 1.807) is 6.20 Å². The van der Waals surface area contributed by atoms with Crippen molar-refractivity contribution in [2.45, 2.75) is 27.3 Å². The third kappa shape index (κ3) is 4.00. The number of nitrogens with zero attached hydrogens (tertiary/aromatic N) is 3. The average Bonchev–Trinajstić information content (AvgIpc) is 2.92. The van der Waals surface area contributed by atoms with Crippen LogP contribution in [0.3, 0.4) is 0 Å². The van der Waals surface area contributed by atoms with E-state index in [0.29, 0.717) is 23.8 Å². The highest BCUT2D eigenvalue weighted by atomic mass is 16.5. The zero-order valence-corrected chi connectivity index (χ0v) is 14.3. The van der Waals surface area contributed by atoms with E-state index in [0.717, 1.165) is 22.5 Å². The molecule has 0 aliphatic heterocycles. The second kappa shape index (κ2) is 7.12. The van der Waals surface area contributed by atoms with Gasteiger partial charge in [0.25, 0.3) is 0 Å². The molecule has 2 heterocycles. The van der Waals surface area contributed by atoms with Crippen molar-refractivity contribution >= 4 is 11.7 Å². The molecule has 128 valence electrons. The Hall–Kier alpha value is -3.22. The van der Waals surface area contributed by atoms with Gasteiger partial charge in [0.1, 0.15) is 5.76 Å². The van der Waals surface area contributed by atoms with Gasteiger partial charge in [0, 0.05) is 35.2 Å². The van der Waals surface area contributed by atoms with E-state index >= 15 is 0 Å². The highest BCUT2D eigenvalue weighted by Crippen LogP contribution is 2.18. The van der Waals surface area contributed by atoms with Crippen molar-refractivity contribution in [3.8, 4) is 11.4 Å². The van der Waals surface area contributed by atoms with E-state index in [4.69, 9.17) is 4.52 Å². The second-order valence-electron chi connectivity index (χ2n) is 5.71. The summed E-state index contributed by atoms with van der Waals surface area (Å²) in [5.41, 5.74) is 4.16. The van der Waals surface area contributed by atoms with Crippen molar-refractivity contribution in [3.05, 3.63) is 59.2 Å². The van der Waals surface area contributed by atoms with Gasteiger partial charge in [-0.25, -0.2) is 14.8 Å². The zero-order valence-electron chi connectivity index (χ0n) is 14.3. The smallest absolute Gasteiger partial charge is 0.319 e. The number of aryl methyl sites for hydroxylation is 3. The summed E-state index contributed by atoms with van der Waals surface area (Å²) in [6.07, 6.45) is 1.73. The van der Waals surface area contributed by atoms with Gasteiger partial charge in [0.05, 0.1) is 5.69 Å². The Bertz CT molecular complexity index is 867. The van der Waals surface area contributed by atoms with Crippen LogP contribution in [0.2, 0.25) is 0 Å². The number of hydrogen-bond donors (Lipinski definition) is 2. The molecular weight excluding hydrogens is 318 g/mol.